The molecule has 2 heteroatoms. The predicted molar refractivity (Wildman–Crippen MR) is 79.6 cm³/mol. The van der Waals surface area contributed by atoms with Gasteiger partial charge < -0.3 is 0 Å². The van der Waals surface area contributed by atoms with E-state index in [1.165, 1.54) is 17.5 Å². The zero-order valence-electron chi connectivity index (χ0n) is 12.6. The van der Waals surface area contributed by atoms with Gasteiger partial charge in [-0.25, -0.2) is 0 Å². The van der Waals surface area contributed by atoms with Crippen LogP contribution in [0.4, 0.5) is 0 Å². The molecule has 104 valence electrons. The summed E-state index contributed by atoms with van der Waals surface area (Å²) in [5, 5.41) is 0. The number of likely N-dealkylation sites (tertiary alicyclic amines) is 1. The van der Waals surface area contributed by atoms with Gasteiger partial charge in [0.2, 0.25) is 0 Å². The topological polar surface area (TPSA) is 20.3 Å². The minimum absolute atomic E-state index is 0.254. The Morgan fingerprint density at radius 2 is 1.79 bits per heavy atom. The Morgan fingerprint density at radius 3 is 2.37 bits per heavy atom. The predicted octanol–water partition coefficient (Wildman–Crippen LogP) is 3.46. The van der Waals surface area contributed by atoms with Crippen molar-refractivity contribution in [1.29, 1.82) is 0 Å². The van der Waals surface area contributed by atoms with Gasteiger partial charge >= 0.3 is 0 Å². The molecule has 0 aromatic heterocycles. The Balaban J connectivity index is 2.02. The van der Waals surface area contributed by atoms with E-state index < -0.39 is 0 Å². The highest BCUT2D eigenvalue weighted by Crippen LogP contribution is 2.21. The van der Waals surface area contributed by atoms with Gasteiger partial charge in [0.1, 0.15) is 0 Å². The Kier molecular flexibility index (Phi) is 4.41. The lowest BCUT2D eigenvalue weighted by molar-refractivity contribution is 0.0849. The van der Waals surface area contributed by atoms with Crippen LogP contribution < -0.4 is 0 Å². The van der Waals surface area contributed by atoms with E-state index >= 15 is 0 Å². The number of nitrogens with zero attached hydrogens (tertiary/aromatic N) is 1. The SMILES string of the molecule is Cc1ccc(C(=O)CN2CC(C)CC(C)C2)cc1C. The highest BCUT2D eigenvalue weighted by Gasteiger charge is 2.23. The third-order valence-corrected chi connectivity index (χ3v) is 4.14. The number of piperidine rings is 1. The number of hydrogen-bond donors (Lipinski definition) is 0. The van der Waals surface area contributed by atoms with Crippen molar-refractivity contribution in [3.8, 4) is 0 Å². The molecule has 1 saturated heterocycles. The fourth-order valence-electron chi connectivity index (χ4n) is 3.13. The van der Waals surface area contributed by atoms with Crippen molar-refractivity contribution < 1.29 is 4.79 Å². The van der Waals surface area contributed by atoms with E-state index in [-0.39, 0.29) is 5.78 Å². The average molecular weight is 259 g/mol. The monoisotopic (exact) mass is 259 g/mol. The maximum atomic E-state index is 12.3. The molecule has 2 atom stereocenters. The van der Waals surface area contributed by atoms with Crippen LogP contribution in [0.1, 0.15) is 41.8 Å². The molecule has 2 unspecified atom stereocenters. The van der Waals surface area contributed by atoms with Gasteiger partial charge in [-0.05, 0) is 49.3 Å². The second kappa shape index (κ2) is 5.87. The molecule has 19 heavy (non-hydrogen) atoms. The lowest BCUT2D eigenvalue weighted by atomic mass is 9.91. The molecule has 0 saturated carbocycles. The van der Waals surface area contributed by atoms with Crippen LogP contribution in [0.15, 0.2) is 18.2 Å². The Bertz CT molecular complexity index is 456. The molecule has 0 bridgehead atoms. The highest BCUT2D eigenvalue weighted by molar-refractivity contribution is 5.97. The van der Waals surface area contributed by atoms with Crippen molar-refractivity contribution in [3.63, 3.8) is 0 Å². The summed E-state index contributed by atoms with van der Waals surface area (Å²) < 4.78 is 0. The number of rotatable bonds is 3. The molecule has 1 fully saturated rings. The first-order valence-electron chi connectivity index (χ1n) is 7.28. The van der Waals surface area contributed by atoms with Crippen molar-refractivity contribution in [2.75, 3.05) is 19.6 Å². The van der Waals surface area contributed by atoms with E-state index in [9.17, 15) is 4.79 Å². The molecule has 1 heterocycles. The van der Waals surface area contributed by atoms with Crippen molar-refractivity contribution in [2.45, 2.75) is 34.1 Å². The van der Waals surface area contributed by atoms with E-state index in [1.54, 1.807) is 0 Å². The third kappa shape index (κ3) is 3.66. The van der Waals surface area contributed by atoms with Gasteiger partial charge in [0.15, 0.2) is 5.78 Å². The number of carbonyl (C=O) groups excluding carboxylic acids is 1. The van der Waals surface area contributed by atoms with Crippen LogP contribution in [-0.2, 0) is 0 Å². The number of benzene rings is 1. The van der Waals surface area contributed by atoms with Crippen LogP contribution in [0.2, 0.25) is 0 Å². The zero-order chi connectivity index (χ0) is 14.0. The Labute approximate surface area is 116 Å². The first-order valence-corrected chi connectivity index (χ1v) is 7.28. The van der Waals surface area contributed by atoms with Crippen molar-refractivity contribution >= 4 is 5.78 Å². The second-order valence-corrected chi connectivity index (χ2v) is 6.36. The fraction of sp³-hybridized carbons (Fsp3) is 0.588. The lowest BCUT2D eigenvalue weighted by Crippen LogP contribution is -2.41. The third-order valence-electron chi connectivity index (χ3n) is 4.14. The van der Waals surface area contributed by atoms with E-state index in [2.05, 4.69) is 32.6 Å². The van der Waals surface area contributed by atoms with Crippen LogP contribution in [0.3, 0.4) is 0 Å². The van der Waals surface area contributed by atoms with Gasteiger partial charge in [-0.1, -0.05) is 26.0 Å². The molecular formula is C17H25NO. The van der Waals surface area contributed by atoms with Crippen molar-refractivity contribution in [1.82, 2.24) is 4.90 Å². The molecule has 0 N–H and O–H groups in total. The zero-order valence-corrected chi connectivity index (χ0v) is 12.6. The first-order chi connectivity index (χ1) is 8.95. The summed E-state index contributed by atoms with van der Waals surface area (Å²) in [5.74, 6) is 1.66. The van der Waals surface area contributed by atoms with Crippen LogP contribution in [0.5, 0.6) is 0 Å². The van der Waals surface area contributed by atoms with Gasteiger partial charge in [-0.15, -0.1) is 0 Å². The molecule has 1 aliphatic heterocycles. The number of hydrogen-bond acceptors (Lipinski definition) is 2. The standard InChI is InChI=1S/C17H25NO/c1-12-7-13(2)10-18(9-12)11-17(19)16-6-5-14(3)15(4)8-16/h5-6,8,12-13H,7,9-11H2,1-4H3. The summed E-state index contributed by atoms with van der Waals surface area (Å²) in [6, 6.07) is 6.03. The molecule has 2 rings (SSSR count). The van der Waals surface area contributed by atoms with Gasteiger partial charge in [0.05, 0.1) is 6.54 Å². The van der Waals surface area contributed by atoms with Gasteiger partial charge in [0.25, 0.3) is 0 Å². The summed E-state index contributed by atoms with van der Waals surface area (Å²) in [5.41, 5.74) is 3.30. The molecular weight excluding hydrogens is 234 g/mol. The second-order valence-electron chi connectivity index (χ2n) is 6.36. The van der Waals surface area contributed by atoms with Crippen LogP contribution in [0, 0.1) is 25.7 Å². The fourth-order valence-corrected chi connectivity index (χ4v) is 3.13. The summed E-state index contributed by atoms with van der Waals surface area (Å²) in [7, 11) is 0. The molecule has 0 aliphatic carbocycles. The quantitative estimate of drug-likeness (QED) is 0.775. The van der Waals surface area contributed by atoms with Crippen LogP contribution in [-0.4, -0.2) is 30.3 Å². The maximum Gasteiger partial charge on any atom is 0.176 e. The van der Waals surface area contributed by atoms with Crippen molar-refractivity contribution in [2.24, 2.45) is 11.8 Å². The minimum Gasteiger partial charge on any atom is -0.295 e. The lowest BCUT2D eigenvalue weighted by Gasteiger charge is -2.34. The number of ketones is 1. The van der Waals surface area contributed by atoms with Crippen LogP contribution >= 0.6 is 0 Å². The minimum atomic E-state index is 0.254. The summed E-state index contributed by atoms with van der Waals surface area (Å²) in [4.78, 5) is 14.7. The van der Waals surface area contributed by atoms with Gasteiger partial charge in [0, 0.05) is 18.7 Å². The smallest absolute Gasteiger partial charge is 0.176 e. The van der Waals surface area contributed by atoms with E-state index in [1.807, 2.05) is 18.2 Å². The summed E-state index contributed by atoms with van der Waals surface area (Å²) in [6.07, 6.45) is 1.29. The Morgan fingerprint density at radius 1 is 1.16 bits per heavy atom. The van der Waals surface area contributed by atoms with Gasteiger partial charge in [-0.2, -0.15) is 0 Å². The number of Topliss-reactive ketones (excluding diaryl/α,β-unsaturated/α-hetero) is 1. The van der Waals surface area contributed by atoms with Crippen LogP contribution in [0.25, 0.3) is 0 Å². The average Bonchev–Trinajstić information content (AvgIpc) is 2.31. The maximum absolute atomic E-state index is 12.3. The number of aryl methyl sites for hydroxylation is 2. The molecule has 0 spiro atoms. The molecule has 2 nitrogen and oxygen atoms in total. The first kappa shape index (κ1) is 14.3. The Hall–Kier alpha value is -1.15. The van der Waals surface area contributed by atoms with E-state index in [4.69, 9.17) is 0 Å². The molecule has 1 aromatic rings. The van der Waals surface area contributed by atoms with Crippen molar-refractivity contribution in [3.05, 3.63) is 34.9 Å². The molecule has 1 aromatic carbocycles. The van der Waals surface area contributed by atoms with Gasteiger partial charge in [-0.3, -0.25) is 9.69 Å². The number of carbonyl (C=O) groups is 1. The largest absolute Gasteiger partial charge is 0.295 e. The van der Waals surface area contributed by atoms with E-state index in [0.717, 1.165) is 18.7 Å². The highest BCUT2D eigenvalue weighted by atomic mass is 16.1. The molecule has 1 aliphatic rings. The molecule has 0 radical (unpaired) electrons. The normalized spacial score (nSPS) is 24.4. The summed E-state index contributed by atoms with van der Waals surface area (Å²) >= 11 is 0. The summed E-state index contributed by atoms with van der Waals surface area (Å²) in [6.45, 7) is 11.4. The van der Waals surface area contributed by atoms with E-state index in [0.29, 0.717) is 18.4 Å². The molecule has 0 amide bonds.